The van der Waals surface area contributed by atoms with Crippen LogP contribution in [0.5, 0.6) is 0 Å². The van der Waals surface area contributed by atoms with Crippen LogP contribution in [-0.2, 0) is 0 Å². The number of carbonyl (C=O) groups is 1. The van der Waals surface area contributed by atoms with Crippen LogP contribution in [0.2, 0.25) is 5.02 Å². The number of hydrogen-bond acceptors (Lipinski definition) is 4. The molecule has 0 aromatic heterocycles. The molecule has 0 spiro atoms. The third-order valence-electron chi connectivity index (χ3n) is 3.11. The van der Waals surface area contributed by atoms with Gasteiger partial charge >= 0.3 is 0 Å². The molecule has 114 valence electrons. The molecule has 1 aliphatic heterocycles. The molecule has 1 aliphatic rings. The Labute approximate surface area is 137 Å². The molecule has 0 saturated heterocycles. The maximum absolute atomic E-state index is 13.9. The lowest BCUT2D eigenvalue weighted by Gasteiger charge is -2.20. The monoisotopic (exact) mass is 336 g/mol. The standard InChI is InChI=1S/C16H14ClFN2OS/c1-16(2,3)12-8-22-15(20-12)9(7-19)14(21)13-10(17)5-4-6-11(13)18/h4-6,8,20H,1-3H3/b15-9+. The Morgan fingerprint density at radius 2 is 2.09 bits per heavy atom. The number of nitriles is 1. The molecule has 2 rings (SSSR count). The summed E-state index contributed by atoms with van der Waals surface area (Å²) < 4.78 is 13.9. The van der Waals surface area contributed by atoms with E-state index in [1.807, 2.05) is 32.2 Å². The molecule has 3 nitrogen and oxygen atoms in total. The summed E-state index contributed by atoms with van der Waals surface area (Å²) in [5.74, 6) is -1.46. The van der Waals surface area contributed by atoms with Crippen molar-refractivity contribution >= 4 is 29.1 Å². The van der Waals surface area contributed by atoms with Crippen molar-refractivity contribution in [3.8, 4) is 6.07 Å². The second-order valence-corrected chi connectivity index (χ2v) is 7.05. The van der Waals surface area contributed by atoms with E-state index in [1.54, 1.807) is 0 Å². The summed E-state index contributed by atoms with van der Waals surface area (Å²) in [4.78, 5) is 12.5. The zero-order valence-corrected chi connectivity index (χ0v) is 13.9. The van der Waals surface area contributed by atoms with Gasteiger partial charge in [0, 0.05) is 11.1 Å². The molecule has 1 aromatic rings. The van der Waals surface area contributed by atoms with Crippen LogP contribution in [-0.4, -0.2) is 5.78 Å². The minimum atomic E-state index is -0.738. The van der Waals surface area contributed by atoms with E-state index in [1.165, 1.54) is 23.9 Å². The van der Waals surface area contributed by atoms with Gasteiger partial charge in [-0.15, -0.1) is 0 Å². The van der Waals surface area contributed by atoms with Gasteiger partial charge in [0.25, 0.3) is 0 Å². The normalized spacial score (nSPS) is 16.6. The quantitative estimate of drug-likeness (QED) is 0.486. The molecule has 0 fully saturated rings. The fourth-order valence-electron chi connectivity index (χ4n) is 1.83. The summed E-state index contributed by atoms with van der Waals surface area (Å²) in [5.41, 5.74) is 0.327. The molecule has 0 atom stereocenters. The van der Waals surface area contributed by atoms with E-state index in [0.29, 0.717) is 5.03 Å². The van der Waals surface area contributed by atoms with Crippen LogP contribution in [0, 0.1) is 22.6 Å². The summed E-state index contributed by atoms with van der Waals surface area (Å²) >= 11 is 7.14. The van der Waals surface area contributed by atoms with Crippen molar-refractivity contribution in [1.29, 1.82) is 5.26 Å². The summed E-state index contributed by atoms with van der Waals surface area (Å²) in [6, 6.07) is 5.84. The summed E-state index contributed by atoms with van der Waals surface area (Å²) in [7, 11) is 0. The number of allylic oxidation sites excluding steroid dienone is 2. The molecular formula is C16H14ClFN2OS. The average Bonchev–Trinajstić information content (AvgIpc) is 2.89. The first-order valence-electron chi connectivity index (χ1n) is 6.53. The highest BCUT2D eigenvalue weighted by Crippen LogP contribution is 2.36. The molecule has 0 amide bonds. The Kier molecular flexibility index (Phi) is 4.64. The molecular weight excluding hydrogens is 323 g/mol. The van der Waals surface area contributed by atoms with E-state index < -0.39 is 11.6 Å². The molecule has 0 radical (unpaired) electrons. The van der Waals surface area contributed by atoms with Crippen LogP contribution in [0.4, 0.5) is 4.39 Å². The smallest absolute Gasteiger partial charge is 0.210 e. The van der Waals surface area contributed by atoms with Gasteiger partial charge in [-0.2, -0.15) is 5.26 Å². The van der Waals surface area contributed by atoms with Crippen molar-refractivity contribution in [2.45, 2.75) is 20.8 Å². The zero-order chi connectivity index (χ0) is 16.5. The summed E-state index contributed by atoms with van der Waals surface area (Å²) in [6.45, 7) is 6.03. The Morgan fingerprint density at radius 1 is 1.41 bits per heavy atom. The van der Waals surface area contributed by atoms with Gasteiger partial charge in [0.1, 0.15) is 17.5 Å². The largest absolute Gasteiger partial charge is 0.351 e. The topological polar surface area (TPSA) is 52.9 Å². The summed E-state index contributed by atoms with van der Waals surface area (Å²) in [5, 5.41) is 14.6. The number of hydrogen-bond donors (Lipinski definition) is 1. The van der Waals surface area contributed by atoms with Crippen molar-refractivity contribution in [2.24, 2.45) is 5.41 Å². The number of Topliss-reactive ketones (excluding diaryl/α,β-unsaturated/α-hetero) is 1. The van der Waals surface area contributed by atoms with Gasteiger partial charge in [-0.1, -0.05) is 50.2 Å². The number of thioether (sulfide) groups is 1. The van der Waals surface area contributed by atoms with E-state index in [2.05, 4.69) is 5.32 Å². The zero-order valence-electron chi connectivity index (χ0n) is 12.3. The fraction of sp³-hybridized carbons (Fsp3) is 0.250. The molecule has 1 aromatic carbocycles. The predicted molar refractivity (Wildman–Crippen MR) is 86.6 cm³/mol. The molecule has 0 bridgehead atoms. The molecule has 0 unspecified atom stereocenters. The van der Waals surface area contributed by atoms with Gasteiger partial charge in [0.15, 0.2) is 0 Å². The van der Waals surface area contributed by atoms with Crippen LogP contribution in [0.25, 0.3) is 0 Å². The van der Waals surface area contributed by atoms with Gasteiger partial charge in [0.2, 0.25) is 5.78 Å². The molecule has 0 aliphatic carbocycles. The second kappa shape index (κ2) is 6.15. The minimum Gasteiger partial charge on any atom is -0.351 e. The number of carbonyl (C=O) groups excluding carboxylic acids is 1. The first-order valence-corrected chi connectivity index (χ1v) is 7.79. The fourth-order valence-corrected chi connectivity index (χ4v) is 3.15. The highest BCUT2D eigenvalue weighted by Gasteiger charge is 2.28. The highest BCUT2D eigenvalue weighted by atomic mass is 35.5. The third-order valence-corrected chi connectivity index (χ3v) is 4.32. The second-order valence-electron chi connectivity index (χ2n) is 5.77. The Morgan fingerprint density at radius 3 is 2.59 bits per heavy atom. The summed E-state index contributed by atoms with van der Waals surface area (Å²) in [6.07, 6.45) is 0. The van der Waals surface area contributed by atoms with Crippen LogP contribution in [0.15, 0.2) is 39.9 Å². The number of benzene rings is 1. The van der Waals surface area contributed by atoms with Crippen molar-refractivity contribution in [3.05, 3.63) is 56.3 Å². The van der Waals surface area contributed by atoms with Gasteiger partial charge in [0.05, 0.1) is 15.6 Å². The SMILES string of the molecule is CC(C)(C)C1=CS/C(=C(\C#N)C(=O)c2c(F)cccc2Cl)N1. The van der Waals surface area contributed by atoms with Crippen molar-refractivity contribution in [2.75, 3.05) is 0 Å². The van der Waals surface area contributed by atoms with Crippen LogP contribution in [0.1, 0.15) is 31.1 Å². The molecule has 22 heavy (non-hydrogen) atoms. The third kappa shape index (κ3) is 3.18. The van der Waals surface area contributed by atoms with E-state index in [4.69, 9.17) is 11.6 Å². The first-order chi connectivity index (χ1) is 10.3. The van der Waals surface area contributed by atoms with Crippen LogP contribution < -0.4 is 5.32 Å². The van der Waals surface area contributed by atoms with E-state index >= 15 is 0 Å². The number of rotatable bonds is 2. The first kappa shape index (κ1) is 16.6. The predicted octanol–water partition coefficient (Wildman–Crippen LogP) is 4.62. The molecule has 1 N–H and O–H groups in total. The molecule has 0 saturated carbocycles. The Balaban J connectivity index is 2.41. The van der Waals surface area contributed by atoms with E-state index in [9.17, 15) is 14.4 Å². The Bertz CT molecular complexity index is 721. The lowest BCUT2D eigenvalue weighted by Crippen LogP contribution is -2.21. The lowest BCUT2D eigenvalue weighted by atomic mass is 9.93. The maximum Gasteiger partial charge on any atom is 0.210 e. The van der Waals surface area contributed by atoms with Crippen LogP contribution >= 0.6 is 23.4 Å². The number of nitrogens with zero attached hydrogens (tertiary/aromatic N) is 1. The average molecular weight is 337 g/mol. The number of nitrogens with one attached hydrogen (secondary N) is 1. The maximum atomic E-state index is 13.9. The van der Waals surface area contributed by atoms with Gasteiger partial charge in [-0.25, -0.2) is 4.39 Å². The van der Waals surface area contributed by atoms with Crippen molar-refractivity contribution in [1.82, 2.24) is 5.32 Å². The lowest BCUT2D eigenvalue weighted by molar-refractivity contribution is 0.103. The molecule has 1 heterocycles. The Hall–Kier alpha value is -1.77. The van der Waals surface area contributed by atoms with Gasteiger partial charge < -0.3 is 5.32 Å². The van der Waals surface area contributed by atoms with E-state index in [-0.39, 0.29) is 21.6 Å². The van der Waals surface area contributed by atoms with Crippen molar-refractivity contribution in [3.63, 3.8) is 0 Å². The van der Waals surface area contributed by atoms with Crippen molar-refractivity contribution < 1.29 is 9.18 Å². The highest BCUT2D eigenvalue weighted by molar-refractivity contribution is 8.06. The van der Waals surface area contributed by atoms with Gasteiger partial charge in [-0.3, -0.25) is 4.79 Å². The van der Waals surface area contributed by atoms with Crippen LogP contribution in [0.3, 0.4) is 0 Å². The molecule has 6 heteroatoms. The van der Waals surface area contributed by atoms with Gasteiger partial charge in [-0.05, 0) is 17.5 Å². The number of halogens is 2. The van der Waals surface area contributed by atoms with E-state index in [0.717, 1.165) is 11.8 Å². The minimum absolute atomic E-state index is 0.00893. The number of ketones is 1.